The van der Waals surface area contributed by atoms with Crippen molar-refractivity contribution in [1.29, 1.82) is 5.26 Å². The Morgan fingerprint density at radius 2 is 1.68 bits per heavy atom. The molecule has 19 heavy (non-hydrogen) atoms. The van der Waals surface area contributed by atoms with Gasteiger partial charge < -0.3 is 4.90 Å². The molecule has 0 fully saturated rings. The fourth-order valence-corrected chi connectivity index (χ4v) is 2.27. The third-order valence-corrected chi connectivity index (χ3v) is 3.34. The zero-order valence-corrected chi connectivity index (χ0v) is 11.4. The third-order valence-electron chi connectivity index (χ3n) is 3.34. The fraction of sp³-hybridized carbons (Fsp3) is 0.235. The molecule has 2 rings (SSSR count). The third kappa shape index (κ3) is 3.14. The van der Waals surface area contributed by atoms with Gasteiger partial charge in [0.2, 0.25) is 0 Å². The van der Waals surface area contributed by atoms with Crippen LogP contribution in [-0.4, -0.2) is 13.6 Å². The Hall–Kier alpha value is -2.27. The lowest BCUT2D eigenvalue weighted by molar-refractivity contribution is 0.801. The molecule has 1 atom stereocenters. The van der Waals surface area contributed by atoms with E-state index in [9.17, 15) is 5.26 Å². The van der Waals surface area contributed by atoms with Crippen LogP contribution in [0.3, 0.4) is 0 Å². The van der Waals surface area contributed by atoms with Gasteiger partial charge in [-0.05, 0) is 24.1 Å². The molecule has 0 spiro atoms. The number of nitriles is 1. The lowest BCUT2D eigenvalue weighted by Gasteiger charge is -2.24. The van der Waals surface area contributed by atoms with Crippen molar-refractivity contribution in [1.82, 2.24) is 0 Å². The van der Waals surface area contributed by atoms with E-state index in [1.807, 2.05) is 49.5 Å². The van der Waals surface area contributed by atoms with Gasteiger partial charge in [-0.2, -0.15) is 5.26 Å². The second kappa shape index (κ2) is 6.06. The van der Waals surface area contributed by atoms with E-state index in [1.54, 1.807) is 0 Å². The number of para-hydroxylation sites is 1. The van der Waals surface area contributed by atoms with Crippen LogP contribution in [0.25, 0.3) is 0 Å². The van der Waals surface area contributed by atoms with Crippen molar-refractivity contribution >= 4 is 5.69 Å². The van der Waals surface area contributed by atoms with Crippen LogP contribution in [0.1, 0.15) is 17.0 Å². The van der Waals surface area contributed by atoms with Gasteiger partial charge in [-0.25, -0.2) is 0 Å². The maximum atomic E-state index is 9.37. The standard InChI is InChI=1S/C17H18N2/c1-14-8-6-7-11-17(14)19(2)13-16(12-18)15-9-4-3-5-10-15/h3-11,16H,13H2,1-2H3. The van der Waals surface area contributed by atoms with Gasteiger partial charge in [-0.1, -0.05) is 48.5 Å². The maximum Gasteiger partial charge on any atom is 0.0887 e. The summed E-state index contributed by atoms with van der Waals surface area (Å²) in [5, 5.41) is 9.37. The molecule has 0 aromatic heterocycles. The molecule has 0 heterocycles. The Kier molecular flexibility index (Phi) is 4.20. The highest BCUT2D eigenvalue weighted by Gasteiger charge is 2.14. The first-order valence-corrected chi connectivity index (χ1v) is 6.43. The first-order valence-electron chi connectivity index (χ1n) is 6.43. The van der Waals surface area contributed by atoms with E-state index in [2.05, 4.69) is 30.0 Å². The monoisotopic (exact) mass is 250 g/mol. The normalized spacial score (nSPS) is 11.6. The summed E-state index contributed by atoms with van der Waals surface area (Å²) in [5.41, 5.74) is 3.49. The van der Waals surface area contributed by atoms with Gasteiger partial charge in [0.1, 0.15) is 0 Å². The average molecular weight is 250 g/mol. The number of rotatable bonds is 4. The van der Waals surface area contributed by atoms with Crippen LogP contribution < -0.4 is 4.90 Å². The van der Waals surface area contributed by atoms with E-state index in [0.717, 1.165) is 5.56 Å². The minimum atomic E-state index is -0.106. The minimum absolute atomic E-state index is 0.106. The van der Waals surface area contributed by atoms with Gasteiger partial charge >= 0.3 is 0 Å². The van der Waals surface area contributed by atoms with E-state index < -0.39 is 0 Å². The summed E-state index contributed by atoms with van der Waals surface area (Å²) in [6.07, 6.45) is 0. The highest BCUT2D eigenvalue weighted by molar-refractivity contribution is 5.53. The summed E-state index contributed by atoms with van der Waals surface area (Å²) < 4.78 is 0. The number of nitrogens with zero attached hydrogens (tertiary/aromatic N) is 2. The van der Waals surface area contributed by atoms with E-state index in [0.29, 0.717) is 6.54 Å². The molecular formula is C17H18N2. The molecular weight excluding hydrogens is 232 g/mol. The van der Waals surface area contributed by atoms with Crippen molar-refractivity contribution in [2.24, 2.45) is 0 Å². The maximum absolute atomic E-state index is 9.37. The van der Waals surface area contributed by atoms with E-state index in [4.69, 9.17) is 0 Å². The second-order valence-electron chi connectivity index (χ2n) is 4.76. The number of anilines is 1. The molecule has 2 aromatic rings. The zero-order valence-electron chi connectivity index (χ0n) is 11.4. The van der Waals surface area contributed by atoms with Crippen LogP contribution >= 0.6 is 0 Å². The SMILES string of the molecule is Cc1ccccc1N(C)CC(C#N)c1ccccc1. The molecule has 0 aliphatic rings. The van der Waals surface area contributed by atoms with Crippen molar-refractivity contribution in [2.45, 2.75) is 12.8 Å². The summed E-state index contributed by atoms with van der Waals surface area (Å²) in [6.45, 7) is 2.79. The van der Waals surface area contributed by atoms with Gasteiger partial charge in [0.15, 0.2) is 0 Å². The minimum Gasteiger partial charge on any atom is -0.373 e. The summed E-state index contributed by atoms with van der Waals surface area (Å²) in [7, 11) is 2.04. The van der Waals surface area contributed by atoms with Crippen molar-refractivity contribution in [2.75, 3.05) is 18.5 Å². The van der Waals surface area contributed by atoms with Crippen molar-refractivity contribution in [3.63, 3.8) is 0 Å². The van der Waals surface area contributed by atoms with Crippen LogP contribution in [0.5, 0.6) is 0 Å². The zero-order chi connectivity index (χ0) is 13.7. The van der Waals surface area contributed by atoms with Crippen LogP contribution in [0.4, 0.5) is 5.69 Å². The summed E-state index contributed by atoms with van der Waals surface area (Å²) in [5.74, 6) is -0.106. The lowest BCUT2D eigenvalue weighted by Crippen LogP contribution is -2.24. The number of likely N-dealkylation sites (N-methyl/N-ethyl adjacent to an activating group) is 1. The summed E-state index contributed by atoms with van der Waals surface area (Å²) >= 11 is 0. The molecule has 0 saturated heterocycles. The van der Waals surface area contributed by atoms with Crippen molar-refractivity contribution in [3.8, 4) is 6.07 Å². The van der Waals surface area contributed by atoms with Crippen LogP contribution in [0.2, 0.25) is 0 Å². The molecule has 2 nitrogen and oxygen atoms in total. The van der Waals surface area contributed by atoms with E-state index >= 15 is 0 Å². The quantitative estimate of drug-likeness (QED) is 0.826. The summed E-state index contributed by atoms with van der Waals surface area (Å²) in [6, 6.07) is 20.6. The Morgan fingerprint density at radius 3 is 2.32 bits per heavy atom. The predicted octanol–water partition coefficient (Wildman–Crippen LogP) is 3.74. The Bertz CT molecular complexity index is 569. The molecule has 1 unspecified atom stereocenters. The average Bonchev–Trinajstić information content (AvgIpc) is 2.46. The molecule has 2 aromatic carbocycles. The van der Waals surface area contributed by atoms with Crippen LogP contribution in [0.15, 0.2) is 54.6 Å². The van der Waals surface area contributed by atoms with Gasteiger partial charge in [0, 0.05) is 19.3 Å². The lowest BCUT2D eigenvalue weighted by atomic mass is 10.00. The van der Waals surface area contributed by atoms with Gasteiger partial charge in [0.25, 0.3) is 0 Å². The van der Waals surface area contributed by atoms with Crippen molar-refractivity contribution in [3.05, 3.63) is 65.7 Å². The van der Waals surface area contributed by atoms with Gasteiger partial charge in [-0.15, -0.1) is 0 Å². The van der Waals surface area contributed by atoms with E-state index in [-0.39, 0.29) is 5.92 Å². The topological polar surface area (TPSA) is 27.0 Å². The fourth-order valence-electron chi connectivity index (χ4n) is 2.27. The van der Waals surface area contributed by atoms with Gasteiger partial charge in [-0.3, -0.25) is 0 Å². The first kappa shape index (κ1) is 13.2. The molecule has 96 valence electrons. The molecule has 2 heteroatoms. The Balaban J connectivity index is 2.16. The molecule has 0 aliphatic carbocycles. The molecule has 0 bridgehead atoms. The number of benzene rings is 2. The van der Waals surface area contributed by atoms with Gasteiger partial charge in [0.05, 0.1) is 12.0 Å². The van der Waals surface area contributed by atoms with Crippen molar-refractivity contribution < 1.29 is 0 Å². The Labute approximate surface area is 114 Å². The second-order valence-corrected chi connectivity index (χ2v) is 4.76. The van der Waals surface area contributed by atoms with Crippen LogP contribution in [-0.2, 0) is 0 Å². The molecule has 0 aliphatic heterocycles. The Morgan fingerprint density at radius 1 is 1.05 bits per heavy atom. The van der Waals surface area contributed by atoms with E-state index in [1.165, 1.54) is 11.3 Å². The molecule has 0 saturated carbocycles. The van der Waals surface area contributed by atoms with Crippen LogP contribution in [0, 0.1) is 18.3 Å². The number of hydrogen-bond acceptors (Lipinski definition) is 2. The highest BCUT2D eigenvalue weighted by Crippen LogP contribution is 2.22. The number of aryl methyl sites for hydroxylation is 1. The highest BCUT2D eigenvalue weighted by atomic mass is 15.1. The number of hydrogen-bond donors (Lipinski definition) is 0. The first-order chi connectivity index (χ1) is 9.22. The summed E-state index contributed by atoms with van der Waals surface area (Å²) in [4.78, 5) is 2.15. The molecule has 0 amide bonds. The predicted molar refractivity (Wildman–Crippen MR) is 79.2 cm³/mol. The molecule has 0 radical (unpaired) electrons. The largest absolute Gasteiger partial charge is 0.373 e. The molecule has 0 N–H and O–H groups in total. The smallest absolute Gasteiger partial charge is 0.0887 e.